The minimum atomic E-state index is 0.876. The number of furan rings is 1. The van der Waals surface area contributed by atoms with E-state index in [0.29, 0.717) is 0 Å². The number of para-hydroxylation sites is 3. The van der Waals surface area contributed by atoms with Crippen LogP contribution >= 0.6 is 0 Å². The third kappa shape index (κ3) is 5.82. The predicted octanol–water partition coefficient (Wildman–Crippen LogP) is 16.3. The Balaban J connectivity index is 1.04. The van der Waals surface area contributed by atoms with Gasteiger partial charge in [-0.15, -0.1) is 0 Å². The molecule has 0 saturated heterocycles. The van der Waals surface area contributed by atoms with E-state index < -0.39 is 0 Å². The van der Waals surface area contributed by atoms with Crippen molar-refractivity contribution in [1.82, 2.24) is 4.57 Å². The molecule has 286 valence electrons. The minimum Gasteiger partial charge on any atom is -0.456 e. The zero-order chi connectivity index (χ0) is 40.3. The molecular weight excluding hydrogens is 741 g/mol. The van der Waals surface area contributed by atoms with E-state index in [9.17, 15) is 0 Å². The third-order valence-electron chi connectivity index (χ3n) is 12.2. The smallest absolute Gasteiger partial charge is 0.136 e. The number of fused-ring (bicyclic) bond motifs is 8. The number of rotatable bonds is 7. The van der Waals surface area contributed by atoms with Gasteiger partial charge in [0.25, 0.3) is 0 Å². The average Bonchev–Trinajstić information content (AvgIpc) is 3.88. The van der Waals surface area contributed by atoms with E-state index in [0.717, 1.165) is 66.6 Å². The molecule has 3 nitrogen and oxygen atoms in total. The summed E-state index contributed by atoms with van der Waals surface area (Å²) < 4.78 is 8.98. The van der Waals surface area contributed by atoms with Gasteiger partial charge >= 0.3 is 0 Å². The molecule has 0 aliphatic carbocycles. The van der Waals surface area contributed by atoms with Gasteiger partial charge in [-0.2, -0.15) is 0 Å². The molecule has 0 fully saturated rings. The molecule has 0 unspecified atom stereocenters. The topological polar surface area (TPSA) is 21.3 Å². The molecular formula is C58H38N2O. The predicted molar refractivity (Wildman–Crippen MR) is 257 cm³/mol. The molecule has 0 saturated carbocycles. The Labute approximate surface area is 353 Å². The zero-order valence-corrected chi connectivity index (χ0v) is 33.2. The van der Waals surface area contributed by atoms with Crippen LogP contribution in [-0.2, 0) is 0 Å². The zero-order valence-electron chi connectivity index (χ0n) is 33.2. The molecule has 0 atom stereocenters. The van der Waals surface area contributed by atoms with Crippen LogP contribution in [-0.4, -0.2) is 4.57 Å². The minimum absolute atomic E-state index is 0.876. The van der Waals surface area contributed by atoms with Crippen LogP contribution < -0.4 is 4.90 Å². The third-order valence-corrected chi connectivity index (χ3v) is 12.2. The van der Waals surface area contributed by atoms with Gasteiger partial charge in [-0.05, 0) is 112 Å². The highest BCUT2D eigenvalue weighted by Gasteiger charge is 2.22. The van der Waals surface area contributed by atoms with Gasteiger partial charge in [-0.25, -0.2) is 0 Å². The first-order chi connectivity index (χ1) is 30.3. The first-order valence-corrected chi connectivity index (χ1v) is 20.8. The summed E-state index contributed by atoms with van der Waals surface area (Å²) in [5.41, 5.74) is 15.6. The van der Waals surface area contributed by atoms with Crippen molar-refractivity contribution in [2.24, 2.45) is 0 Å². The summed E-state index contributed by atoms with van der Waals surface area (Å²) >= 11 is 0. The molecule has 0 aliphatic heterocycles. The van der Waals surface area contributed by atoms with E-state index in [1.54, 1.807) is 0 Å². The summed E-state index contributed by atoms with van der Waals surface area (Å²) in [4.78, 5) is 2.42. The van der Waals surface area contributed by atoms with Gasteiger partial charge in [0.05, 0.1) is 22.4 Å². The van der Waals surface area contributed by atoms with Crippen molar-refractivity contribution in [3.8, 4) is 39.1 Å². The van der Waals surface area contributed by atoms with Gasteiger partial charge in [-0.3, -0.25) is 0 Å². The molecule has 61 heavy (non-hydrogen) atoms. The lowest BCUT2D eigenvalue weighted by Gasteiger charge is -2.29. The van der Waals surface area contributed by atoms with Gasteiger partial charge in [-0.1, -0.05) is 152 Å². The Kier molecular flexibility index (Phi) is 8.17. The second-order valence-electron chi connectivity index (χ2n) is 15.7. The number of hydrogen-bond donors (Lipinski definition) is 0. The Bertz CT molecular complexity index is 3570. The van der Waals surface area contributed by atoms with E-state index in [1.165, 1.54) is 44.1 Å². The molecule has 0 spiro atoms. The van der Waals surface area contributed by atoms with Crippen LogP contribution in [0.5, 0.6) is 0 Å². The Morgan fingerprint density at radius 2 is 0.902 bits per heavy atom. The van der Waals surface area contributed by atoms with Gasteiger partial charge in [0.1, 0.15) is 11.2 Å². The first-order valence-electron chi connectivity index (χ1n) is 20.8. The number of aromatic nitrogens is 1. The van der Waals surface area contributed by atoms with Crippen LogP contribution in [0.4, 0.5) is 17.1 Å². The second-order valence-corrected chi connectivity index (χ2v) is 15.7. The van der Waals surface area contributed by atoms with Crippen LogP contribution in [0.25, 0.3) is 93.6 Å². The summed E-state index contributed by atoms with van der Waals surface area (Å²) in [6.07, 6.45) is 0. The van der Waals surface area contributed by atoms with E-state index in [-0.39, 0.29) is 0 Å². The van der Waals surface area contributed by atoms with Crippen LogP contribution in [0.3, 0.4) is 0 Å². The molecule has 0 amide bonds. The van der Waals surface area contributed by atoms with E-state index in [1.807, 2.05) is 0 Å². The van der Waals surface area contributed by atoms with E-state index in [4.69, 9.17) is 4.42 Å². The number of nitrogens with zero attached hydrogens (tertiary/aromatic N) is 2. The lowest BCUT2D eigenvalue weighted by molar-refractivity contribution is 0.669. The number of benzene rings is 10. The number of anilines is 3. The van der Waals surface area contributed by atoms with Gasteiger partial charge < -0.3 is 13.9 Å². The Hall–Kier alpha value is -8.14. The molecule has 0 bridgehead atoms. The van der Waals surface area contributed by atoms with Gasteiger partial charge in [0.15, 0.2) is 0 Å². The molecule has 2 aromatic heterocycles. The Morgan fingerprint density at radius 3 is 1.70 bits per heavy atom. The molecule has 3 heteroatoms. The Morgan fingerprint density at radius 1 is 0.328 bits per heavy atom. The fraction of sp³-hybridized carbons (Fsp3) is 0. The molecule has 10 aromatic carbocycles. The highest BCUT2D eigenvalue weighted by molar-refractivity contribution is 6.22. The van der Waals surface area contributed by atoms with Gasteiger partial charge in [0, 0.05) is 43.9 Å². The van der Waals surface area contributed by atoms with E-state index >= 15 is 0 Å². The highest BCUT2D eigenvalue weighted by atomic mass is 16.3. The quantitative estimate of drug-likeness (QED) is 0.161. The largest absolute Gasteiger partial charge is 0.456 e. The SMILES string of the molecule is c1ccc(-c2ccc(N(c3ccccc3-c3ccccc3)c3cccc4c3ccc3oc5ccc(-c6ccc7c(c6)c6ccccc6n7-c6ccccc6)cc5c34)cc2)cc1. The second kappa shape index (κ2) is 14.3. The molecule has 12 aromatic rings. The normalized spacial score (nSPS) is 11.6. The number of hydrogen-bond acceptors (Lipinski definition) is 2. The standard InChI is InChI=1S/C58H38N2O/c1-4-15-39(16-5-1)40-27-31-45(32-28-40)60(52-24-12-10-21-46(52)41-17-6-2-7-18-41)54-26-14-23-49-48(54)33-36-57-58(49)51-38-43(30-35-56(51)61-57)42-29-34-55-50(37-42)47-22-11-13-25-53(47)59(55)44-19-8-3-9-20-44/h1-38H. The lowest BCUT2D eigenvalue weighted by atomic mass is 9.97. The fourth-order valence-corrected chi connectivity index (χ4v) is 9.37. The maximum atomic E-state index is 6.62. The molecule has 0 N–H and O–H groups in total. The van der Waals surface area contributed by atoms with Crippen molar-refractivity contribution in [3.63, 3.8) is 0 Å². The highest BCUT2D eigenvalue weighted by Crippen LogP contribution is 2.46. The maximum Gasteiger partial charge on any atom is 0.136 e. The summed E-state index contributed by atoms with van der Waals surface area (Å²) in [6, 6.07) is 82.8. The summed E-state index contributed by atoms with van der Waals surface area (Å²) in [6.45, 7) is 0. The van der Waals surface area contributed by atoms with Crippen molar-refractivity contribution >= 4 is 71.6 Å². The lowest BCUT2D eigenvalue weighted by Crippen LogP contribution is -2.11. The van der Waals surface area contributed by atoms with Crippen LogP contribution in [0.2, 0.25) is 0 Å². The average molecular weight is 779 g/mol. The maximum absolute atomic E-state index is 6.62. The van der Waals surface area contributed by atoms with Gasteiger partial charge in [0.2, 0.25) is 0 Å². The van der Waals surface area contributed by atoms with Crippen LogP contribution in [0.15, 0.2) is 235 Å². The fourth-order valence-electron chi connectivity index (χ4n) is 9.37. The molecule has 0 aliphatic rings. The molecule has 0 radical (unpaired) electrons. The summed E-state index contributed by atoms with van der Waals surface area (Å²) in [7, 11) is 0. The van der Waals surface area contributed by atoms with Crippen LogP contribution in [0, 0.1) is 0 Å². The van der Waals surface area contributed by atoms with E-state index in [2.05, 4.69) is 240 Å². The van der Waals surface area contributed by atoms with Crippen molar-refractivity contribution in [3.05, 3.63) is 231 Å². The molecule has 12 rings (SSSR count). The monoisotopic (exact) mass is 778 g/mol. The molecule has 2 heterocycles. The van der Waals surface area contributed by atoms with Crippen molar-refractivity contribution in [2.75, 3.05) is 4.90 Å². The van der Waals surface area contributed by atoms with Crippen LogP contribution in [0.1, 0.15) is 0 Å². The first kappa shape index (κ1) is 34.9. The summed E-state index contributed by atoms with van der Waals surface area (Å²) in [5, 5.41) is 6.99. The van der Waals surface area contributed by atoms with Crippen molar-refractivity contribution in [1.29, 1.82) is 0 Å². The van der Waals surface area contributed by atoms with Crippen molar-refractivity contribution in [2.45, 2.75) is 0 Å². The summed E-state index contributed by atoms with van der Waals surface area (Å²) in [5.74, 6) is 0. The van der Waals surface area contributed by atoms with Crippen molar-refractivity contribution < 1.29 is 4.42 Å².